The van der Waals surface area contributed by atoms with Crippen LogP contribution in [0.15, 0.2) is 78.0 Å². The molecule has 1 aromatic heterocycles. The Morgan fingerprint density at radius 1 is 0.956 bits per heavy atom. The quantitative estimate of drug-likeness (QED) is 0.107. The number of carboxylic acids is 1. The molecule has 1 saturated heterocycles. The van der Waals surface area contributed by atoms with Crippen LogP contribution in [0.5, 0.6) is 5.75 Å². The Kier molecular flexibility index (Phi) is 11.1. The first-order chi connectivity index (χ1) is 21.9. The van der Waals surface area contributed by atoms with E-state index < -0.39 is 12.3 Å². The predicted octanol–water partition coefficient (Wildman–Crippen LogP) is 5.17. The number of thioether (sulfide) groups is 1. The molecule has 4 aromatic rings. The number of amides is 1. The average Bonchev–Trinajstić information content (AvgIpc) is 3.52. The van der Waals surface area contributed by atoms with E-state index in [2.05, 4.69) is 20.8 Å². The Hall–Kier alpha value is -4.30. The van der Waals surface area contributed by atoms with Crippen LogP contribution in [0.3, 0.4) is 0 Å². The van der Waals surface area contributed by atoms with E-state index >= 15 is 0 Å². The number of aliphatic hydroxyl groups is 1. The van der Waals surface area contributed by atoms with E-state index in [4.69, 9.17) is 14.6 Å². The number of ether oxygens (including phenoxy) is 2. The number of aromatic hydroxyl groups is 1. The van der Waals surface area contributed by atoms with Crippen molar-refractivity contribution in [3.05, 3.63) is 89.5 Å². The molecule has 1 aliphatic heterocycles. The Morgan fingerprint density at radius 2 is 1.73 bits per heavy atom. The van der Waals surface area contributed by atoms with Crippen LogP contribution in [0.2, 0.25) is 0 Å². The van der Waals surface area contributed by atoms with Crippen molar-refractivity contribution in [2.45, 2.75) is 68.8 Å². The lowest BCUT2D eigenvalue weighted by atomic mass is 10.0. The number of nitrogens with zero attached hydrogens (tertiary/aromatic N) is 4. The van der Waals surface area contributed by atoms with Gasteiger partial charge in [-0.05, 0) is 70.8 Å². The first-order valence-electron chi connectivity index (χ1n) is 14.7. The van der Waals surface area contributed by atoms with Gasteiger partial charge in [0.05, 0.1) is 24.5 Å². The molecule has 0 saturated carbocycles. The van der Waals surface area contributed by atoms with Gasteiger partial charge in [0.25, 0.3) is 0 Å². The van der Waals surface area contributed by atoms with E-state index in [-0.39, 0.29) is 36.9 Å². The van der Waals surface area contributed by atoms with Gasteiger partial charge in [-0.15, -0.1) is 5.10 Å². The van der Waals surface area contributed by atoms with Gasteiger partial charge in [0, 0.05) is 36.3 Å². The number of unbranched alkanes of at least 4 members (excludes halogenated alkanes) is 2. The molecule has 12 nitrogen and oxygen atoms in total. The van der Waals surface area contributed by atoms with Gasteiger partial charge in [-0.1, -0.05) is 54.6 Å². The molecule has 0 aliphatic carbocycles. The van der Waals surface area contributed by atoms with Crippen molar-refractivity contribution in [2.24, 2.45) is 0 Å². The van der Waals surface area contributed by atoms with Crippen LogP contribution in [-0.2, 0) is 25.7 Å². The molecule has 2 heterocycles. The number of carbonyl (C=O) groups is 2. The largest absolute Gasteiger partial charge is 0.508 e. The first-order valence-corrected chi connectivity index (χ1v) is 15.7. The highest BCUT2D eigenvalue weighted by atomic mass is 32.2. The van der Waals surface area contributed by atoms with Crippen LogP contribution in [-0.4, -0.2) is 59.3 Å². The molecular weight excluding hydrogens is 598 g/mol. The van der Waals surface area contributed by atoms with E-state index in [1.54, 1.807) is 35.0 Å². The number of phenolic OH excluding ortho intramolecular Hbond substituents is 1. The van der Waals surface area contributed by atoms with Crippen molar-refractivity contribution in [1.82, 2.24) is 20.2 Å². The lowest BCUT2D eigenvalue weighted by Crippen LogP contribution is -2.31. The van der Waals surface area contributed by atoms with Gasteiger partial charge < -0.3 is 30.1 Å². The minimum atomic E-state index is -0.831. The summed E-state index contributed by atoms with van der Waals surface area (Å²) >= 11 is 1.45. The molecule has 13 heteroatoms. The third-order valence-electron chi connectivity index (χ3n) is 7.29. The lowest BCUT2D eigenvalue weighted by Gasteiger charge is -2.36. The predicted molar refractivity (Wildman–Crippen MR) is 166 cm³/mol. The van der Waals surface area contributed by atoms with Crippen LogP contribution >= 0.6 is 11.8 Å². The number of phenols is 1. The Labute approximate surface area is 264 Å². The van der Waals surface area contributed by atoms with Crippen LogP contribution < -0.4 is 5.32 Å². The average molecular weight is 634 g/mol. The number of hydrogen-bond donors (Lipinski definition) is 4. The molecule has 0 bridgehead atoms. The summed E-state index contributed by atoms with van der Waals surface area (Å²) in [7, 11) is 0. The highest BCUT2D eigenvalue weighted by Crippen LogP contribution is 2.40. The lowest BCUT2D eigenvalue weighted by molar-refractivity contribution is -0.245. The SMILES string of the molecule is O=C(O)CCCCCC(=O)Nc1cccc([C@@H]2O[C@H](CSc3nnnn3-c3ccc(O)cc3)C[C@H](c3ccc(CO)cc3)O2)c1. The molecule has 1 aliphatic rings. The normalized spacial score (nSPS) is 18.0. The number of carboxylic acid groups (broad SMARTS) is 1. The first kappa shape index (κ1) is 32.1. The van der Waals surface area contributed by atoms with Crippen LogP contribution in [0.25, 0.3) is 5.69 Å². The summed E-state index contributed by atoms with van der Waals surface area (Å²) in [6, 6.07) is 21.6. The molecule has 0 unspecified atom stereocenters. The number of hydrogen-bond acceptors (Lipinski definition) is 10. The fourth-order valence-corrected chi connectivity index (χ4v) is 5.85. The number of aromatic nitrogens is 4. The minimum absolute atomic E-state index is 0.0482. The highest BCUT2D eigenvalue weighted by Gasteiger charge is 2.33. The van der Waals surface area contributed by atoms with Crippen LogP contribution in [0.1, 0.15) is 67.6 Å². The second-order valence-corrected chi connectivity index (χ2v) is 11.7. The molecule has 45 heavy (non-hydrogen) atoms. The van der Waals surface area contributed by atoms with Gasteiger partial charge in [-0.2, -0.15) is 4.68 Å². The smallest absolute Gasteiger partial charge is 0.303 e. The van der Waals surface area contributed by atoms with Gasteiger partial charge in [0.15, 0.2) is 6.29 Å². The number of nitrogens with one attached hydrogen (secondary N) is 1. The standard InChI is InChI=1S/C32H35N5O7S/c38-19-21-9-11-22(12-10-21)28-18-27(20-45-32-34-35-36-37(32)25-13-15-26(39)16-14-25)43-31(44-28)23-5-4-6-24(17-23)33-29(40)7-2-1-3-8-30(41)42/h4-6,9-17,27-28,31,38-39H,1-3,7-8,18-20H2,(H,33,40)(H,41,42)/t27-,28+,31+/m0/s1. The van der Waals surface area contributed by atoms with Crippen molar-refractivity contribution in [3.63, 3.8) is 0 Å². The van der Waals surface area contributed by atoms with Crippen molar-refractivity contribution in [1.29, 1.82) is 0 Å². The van der Waals surface area contributed by atoms with Gasteiger partial charge >= 0.3 is 5.97 Å². The van der Waals surface area contributed by atoms with Crippen LogP contribution in [0.4, 0.5) is 5.69 Å². The molecule has 0 radical (unpaired) electrons. The van der Waals surface area contributed by atoms with Crippen molar-refractivity contribution < 1.29 is 34.4 Å². The monoisotopic (exact) mass is 633 g/mol. The maximum atomic E-state index is 12.5. The number of carbonyl (C=O) groups excluding carboxylic acids is 1. The second kappa shape index (κ2) is 15.6. The van der Waals surface area contributed by atoms with E-state index in [1.165, 1.54) is 11.8 Å². The third kappa shape index (κ3) is 9.11. The number of rotatable bonds is 14. The molecule has 1 fully saturated rings. The van der Waals surface area contributed by atoms with Gasteiger partial charge in [-0.3, -0.25) is 9.59 Å². The fourth-order valence-electron chi connectivity index (χ4n) is 4.94. The van der Waals surface area contributed by atoms with E-state index in [0.29, 0.717) is 54.4 Å². The summed E-state index contributed by atoms with van der Waals surface area (Å²) in [4.78, 5) is 23.2. The Morgan fingerprint density at radius 3 is 2.49 bits per heavy atom. The molecule has 5 rings (SSSR count). The van der Waals surface area contributed by atoms with Gasteiger partial charge in [0.2, 0.25) is 11.1 Å². The summed E-state index contributed by atoms with van der Waals surface area (Å²) in [5.41, 5.74) is 3.84. The number of tetrazole rings is 1. The topological polar surface area (TPSA) is 169 Å². The molecule has 3 atom stereocenters. The molecule has 4 N–H and O–H groups in total. The minimum Gasteiger partial charge on any atom is -0.508 e. The zero-order chi connectivity index (χ0) is 31.6. The zero-order valence-electron chi connectivity index (χ0n) is 24.5. The van der Waals surface area contributed by atoms with E-state index in [9.17, 15) is 19.8 Å². The number of aliphatic hydroxyl groups excluding tert-OH is 1. The Balaban J connectivity index is 1.28. The fraction of sp³-hybridized carbons (Fsp3) is 0.344. The molecule has 1 amide bonds. The van der Waals surface area contributed by atoms with Gasteiger partial charge in [0.1, 0.15) is 5.75 Å². The van der Waals surface area contributed by atoms with Gasteiger partial charge in [-0.25, -0.2) is 0 Å². The maximum absolute atomic E-state index is 12.5. The number of aliphatic carboxylic acids is 1. The summed E-state index contributed by atoms with van der Waals surface area (Å²) < 4.78 is 14.5. The van der Waals surface area contributed by atoms with Crippen molar-refractivity contribution >= 4 is 29.3 Å². The molecule has 0 spiro atoms. The van der Waals surface area contributed by atoms with Crippen LogP contribution in [0, 0.1) is 0 Å². The highest BCUT2D eigenvalue weighted by molar-refractivity contribution is 7.99. The summed E-state index contributed by atoms with van der Waals surface area (Å²) in [6.07, 6.45) is 1.55. The van der Waals surface area contributed by atoms with E-state index in [0.717, 1.165) is 16.7 Å². The second-order valence-electron chi connectivity index (χ2n) is 10.7. The maximum Gasteiger partial charge on any atom is 0.303 e. The van der Waals surface area contributed by atoms with Crippen molar-refractivity contribution in [2.75, 3.05) is 11.1 Å². The number of benzene rings is 3. The Bertz CT molecular complexity index is 1560. The third-order valence-corrected chi connectivity index (χ3v) is 8.34. The molecule has 236 valence electrons. The van der Waals surface area contributed by atoms with Crippen molar-refractivity contribution in [3.8, 4) is 11.4 Å². The molecule has 3 aromatic carbocycles. The zero-order valence-corrected chi connectivity index (χ0v) is 25.3. The summed E-state index contributed by atoms with van der Waals surface area (Å²) in [5.74, 6) is -0.294. The summed E-state index contributed by atoms with van der Waals surface area (Å²) in [5, 5.41) is 43.5. The molecular formula is C32H35N5O7S. The van der Waals surface area contributed by atoms with E-state index in [1.807, 2.05) is 42.5 Å². The number of anilines is 1. The summed E-state index contributed by atoms with van der Waals surface area (Å²) in [6.45, 7) is -0.0482.